The van der Waals surface area contributed by atoms with E-state index < -0.39 is 0 Å². The molecule has 0 radical (unpaired) electrons. The fourth-order valence-corrected chi connectivity index (χ4v) is 1.41. The summed E-state index contributed by atoms with van der Waals surface area (Å²) in [5.74, 6) is -0.465. The van der Waals surface area contributed by atoms with Crippen LogP contribution < -0.4 is 16.4 Å². The number of hydrogen-bond donors (Lipinski definition) is 3. The summed E-state index contributed by atoms with van der Waals surface area (Å²) in [6, 6.07) is 3.37. The zero-order valence-electron chi connectivity index (χ0n) is 11.5. The second kappa shape index (κ2) is 6.17. The molecule has 6 heteroatoms. The molecule has 1 rings (SSSR count). The summed E-state index contributed by atoms with van der Waals surface area (Å²) in [5.41, 5.74) is 6.36. The Kier molecular flexibility index (Phi) is 4.86. The van der Waals surface area contributed by atoms with Crippen molar-refractivity contribution in [1.82, 2.24) is 15.6 Å². The molecule has 0 unspecified atom stereocenters. The summed E-state index contributed by atoms with van der Waals surface area (Å²) >= 11 is 0. The number of nitrogens with zero attached hydrogens (tertiary/aromatic N) is 1. The van der Waals surface area contributed by atoms with E-state index in [4.69, 9.17) is 5.73 Å². The molecular weight excluding hydrogens is 244 g/mol. The van der Waals surface area contributed by atoms with E-state index in [-0.39, 0.29) is 30.3 Å². The van der Waals surface area contributed by atoms with Gasteiger partial charge in [0.15, 0.2) is 0 Å². The van der Waals surface area contributed by atoms with Crippen LogP contribution in [0.15, 0.2) is 18.3 Å². The lowest BCUT2D eigenvalue weighted by Gasteiger charge is -2.20. The normalized spacial score (nSPS) is 10.9. The van der Waals surface area contributed by atoms with Crippen LogP contribution in [0.3, 0.4) is 0 Å². The minimum Gasteiger partial charge on any atom is -0.397 e. The van der Waals surface area contributed by atoms with E-state index in [1.54, 1.807) is 12.1 Å². The molecule has 104 valence electrons. The number of amides is 2. The number of hydrogen-bond acceptors (Lipinski definition) is 4. The number of pyridine rings is 1. The quantitative estimate of drug-likeness (QED) is 0.725. The first-order valence-electron chi connectivity index (χ1n) is 6.04. The van der Waals surface area contributed by atoms with Crippen molar-refractivity contribution in [2.45, 2.75) is 32.7 Å². The van der Waals surface area contributed by atoms with Gasteiger partial charge in [0.1, 0.15) is 0 Å². The van der Waals surface area contributed by atoms with E-state index in [0.29, 0.717) is 11.4 Å². The molecular formula is C13H20N4O2. The van der Waals surface area contributed by atoms with E-state index in [2.05, 4.69) is 15.6 Å². The van der Waals surface area contributed by atoms with Gasteiger partial charge >= 0.3 is 0 Å². The van der Waals surface area contributed by atoms with Gasteiger partial charge in [-0.15, -0.1) is 0 Å². The molecule has 1 heterocycles. The highest BCUT2D eigenvalue weighted by atomic mass is 16.2. The largest absolute Gasteiger partial charge is 0.397 e. The predicted molar refractivity (Wildman–Crippen MR) is 73.3 cm³/mol. The Labute approximate surface area is 112 Å². The topological polar surface area (TPSA) is 97.1 Å². The van der Waals surface area contributed by atoms with Crippen LogP contribution in [-0.2, 0) is 16.0 Å². The Hall–Kier alpha value is -2.11. The van der Waals surface area contributed by atoms with Gasteiger partial charge in [0.25, 0.3) is 0 Å². The highest BCUT2D eigenvalue weighted by Crippen LogP contribution is 2.01. The molecule has 0 bridgehead atoms. The number of aromatic nitrogens is 1. The average Bonchev–Trinajstić information content (AvgIpc) is 2.27. The molecule has 1 aromatic heterocycles. The van der Waals surface area contributed by atoms with Gasteiger partial charge in [-0.1, -0.05) is 0 Å². The third-order valence-electron chi connectivity index (χ3n) is 2.15. The molecule has 0 saturated heterocycles. The van der Waals surface area contributed by atoms with Crippen LogP contribution >= 0.6 is 0 Å². The molecule has 0 atom stereocenters. The number of anilines is 1. The van der Waals surface area contributed by atoms with E-state index >= 15 is 0 Å². The van der Waals surface area contributed by atoms with E-state index in [0.717, 1.165) is 0 Å². The smallest absolute Gasteiger partial charge is 0.239 e. The summed E-state index contributed by atoms with van der Waals surface area (Å²) < 4.78 is 0. The molecule has 0 aliphatic carbocycles. The summed E-state index contributed by atoms with van der Waals surface area (Å²) in [7, 11) is 0. The Morgan fingerprint density at radius 1 is 1.26 bits per heavy atom. The summed E-state index contributed by atoms with van der Waals surface area (Å²) in [4.78, 5) is 27.1. The van der Waals surface area contributed by atoms with Gasteiger partial charge in [-0.3, -0.25) is 14.6 Å². The molecule has 1 aromatic rings. The van der Waals surface area contributed by atoms with Gasteiger partial charge in [0.05, 0.1) is 24.8 Å². The summed E-state index contributed by atoms with van der Waals surface area (Å²) in [6.45, 7) is 5.60. The highest BCUT2D eigenvalue weighted by Gasteiger charge is 2.14. The number of rotatable bonds is 4. The molecule has 4 N–H and O–H groups in total. The molecule has 0 aliphatic heterocycles. The Morgan fingerprint density at radius 2 is 1.95 bits per heavy atom. The standard InChI is InChI=1S/C13H20N4O2/c1-13(2,3)17-12(19)8-16-11(18)6-10-5-4-9(14)7-15-10/h4-5,7H,6,8,14H2,1-3H3,(H,16,18)(H,17,19). The van der Waals surface area contributed by atoms with Crippen molar-refractivity contribution in [3.05, 3.63) is 24.0 Å². The second-order valence-electron chi connectivity index (χ2n) is 5.33. The fraction of sp³-hybridized carbons (Fsp3) is 0.462. The lowest BCUT2D eigenvalue weighted by molar-refractivity contribution is -0.126. The first kappa shape index (κ1) is 14.9. The van der Waals surface area contributed by atoms with Crippen LogP contribution in [0.5, 0.6) is 0 Å². The molecule has 19 heavy (non-hydrogen) atoms. The maximum Gasteiger partial charge on any atom is 0.239 e. The maximum absolute atomic E-state index is 11.6. The van der Waals surface area contributed by atoms with Crippen molar-refractivity contribution in [3.8, 4) is 0 Å². The first-order valence-corrected chi connectivity index (χ1v) is 6.04. The van der Waals surface area contributed by atoms with Crippen LogP contribution in [-0.4, -0.2) is 28.9 Å². The zero-order chi connectivity index (χ0) is 14.5. The maximum atomic E-state index is 11.6. The van der Waals surface area contributed by atoms with Crippen LogP contribution in [0.4, 0.5) is 5.69 Å². The molecule has 0 saturated carbocycles. The number of carbonyl (C=O) groups excluding carboxylic acids is 2. The lowest BCUT2D eigenvalue weighted by atomic mass is 10.1. The number of nitrogens with two attached hydrogens (primary N) is 1. The Morgan fingerprint density at radius 3 is 2.47 bits per heavy atom. The van der Waals surface area contributed by atoms with Gasteiger partial charge in [-0.2, -0.15) is 0 Å². The average molecular weight is 264 g/mol. The van der Waals surface area contributed by atoms with Crippen LogP contribution in [0.25, 0.3) is 0 Å². The second-order valence-corrected chi connectivity index (χ2v) is 5.33. The van der Waals surface area contributed by atoms with Crippen molar-refractivity contribution in [3.63, 3.8) is 0 Å². The summed E-state index contributed by atoms with van der Waals surface area (Å²) in [5, 5.41) is 5.31. The predicted octanol–water partition coefficient (Wildman–Crippen LogP) is 0.237. The molecule has 0 fully saturated rings. The van der Waals surface area contributed by atoms with Gasteiger partial charge in [0, 0.05) is 11.2 Å². The van der Waals surface area contributed by atoms with Crippen molar-refractivity contribution < 1.29 is 9.59 Å². The zero-order valence-corrected chi connectivity index (χ0v) is 11.5. The van der Waals surface area contributed by atoms with E-state index in [9.17, 15) is 9.59 Å². The molecule has 0 spiro atoms. The monoisotopic (exact) mass is 264 g/mol. The van der Waals surface area contributed by atoms with Crippen LogP contribution in [0.2, 0.25) is 0 Å². The lowest BCUT2D eigenvalue weighted by Crippen LogP contribution is -2.46. The van der Waals surface area contributed by atoms with Crippen molar-refractivity contribution in [2.24, 2.45) is 0 Å². The van der Waals surface area contributed by atoms with E-state index in [1.165, 1.54) is 6.20 Å². The third-order valence-corrected chi connectivity index (χ3v) is 2.15. The van der Waals surface area contributed by atoms with Gasteiger partial charge in [-0.25, -0.2) is 0 Å². The highest BCUT2D eigenvalue weighted by molar-refractivity contribution is 5.85. The molecule has 2 amide bonds. The van der Waals surface area contributed by atoms with Crippen LogP contribution in [0, 0.1) is 0 Å². The molecule has 6 nitrogen and oxygen atoms in total. The minimum absolute atomic E-state index is 0.0366. The van der Waals surface area contributed by atoms with Gasteiger partial charge in [0.2, 0.25) is 11.8 Å². The van der Waals surface area contributed by atoms with Crippen molar-refractivity contribution in [1.29, 1.82) is 0 Å². The van der Waals surface area contributed by atoms with Crippen molar-refractivity contribution in [2.75, 3.05) is 12.3 Å². The number of nitrogen functional groups attached to an aromatic ring is 1. The molecule has 0 aromatic carbocycles. The van der Waals surface area contributed by atoms with Crippen molar-refractivity contribution >= 4 is 17.5 Å². The number of nitrogens with one attached hydrogen (secondary N) is 2. The Balaban J connectivity index is 2.36. The number of carbonyl (C=O) groups is 2. The molecule has 0 aliphatic rings. The van der Waals surface area contributed by atoms with E-state index in [1.807, 2.05) is 20.8 Å². The van der Waals surface area contributed by atoms with Crippen LogP contribution in [0.1, 0.15) is 26.5 Å². The Bertz CT molecular complexity index is 449. The first-order chi connectivity index (χ1) is 8.76. The third kappa shape index (κ3) is 6.40. The fourth-order valence-electron chi connectivity index (χ4n) is 1.41. The minimum atomic E-state index is -0.305. The van der Waals surface area contributed by atoms with Gasteiger partial charge in [-0.05, 0) is 32.9 Å². The summed E-state index contributed by atoms with van der Waals surface area (Å²) in [6.07, 6.45) is 1.62. The SMILES string of the molecule is CC(C)(C)NC(=O)CNC(=O)Cc1ccc(N)cn1. The van der Waals surface area contributed by atoms with Gasteiger partial charge < -0.3 is 16.4 Å².